The third-order valence-electron chi connectivity index (χ3n) is 4.30. The van der Waals surface area contributed by atoms with Gasteiger partial charge in [0.1, 0.15) is 5.60 Å². The van der Waals surface area contributed by atoms with E-state index in [1.165, 1.54) is 5.56 Å². The molecule has 0 spiro atoms. The molecule has 0 bridgehead atoms. The minimum Gasteiger partial charge on any atom is -0.460 e. The number of carbonyl (C=O) groups is 1. The summed E-state index contributed by atoms with van der Waals surface area (Å²) in [7, 11) is 3.90. The van der Waals surface area contributed by atoms with Crippen molar-refractivity contribution in [3.05, 3.63) is 35.9 Å². The summed E-state index contributed by atoms with van der Waals surface area (Å²) in [5.74, 6) is 0.149. The minimum absolute atomic E-state index is 0.0695. The highest BCUT2D eigenvalue weighted by Crippen LogP contribution is 2.44. The van der Waals surface area contributed by atoms with Gasteiger partial charge < -0.3 is 9.64 Å². The number of thiocarbonyl (C=S) groups is 1. The van der Waals surface area contributed by atoms with Crippen LogP contribution in [0.3, 0.4) is 0 Å². The fourth-order valence-electron chi connectivity index (χ4n) is 3.28. The van der Waals surface area contributed by atoms with E-state index < -0.39 is 5.60 Å². The number of rotatable bonds is 3. The van der Waals surface area contributed by atoms with Crippen LogP contribution in [0.4, 0.5) is 0 Å². The number of benzene rings is 1. The smallest absolute Gasteiger partial charge is 0.310 e. The van der Waals surface area contributed by atoms with Crippen molar-refractivity contribution in [1.82, 2.24) is 4.90 Å². The average molecular weight is 333 g/mol. The van der Waals surface area contributed by atoms with Crippen LogP contribution in [0.15, 0.2) is 30.3 Å². The van der Waals surface area contributed by atoms with Crippen molar-refractivity contribution in [2.45, 2.75) is 45.1 Å². The first-order valence-electron chi connectivity index (χ1n) is 8.18. The van der Waals surface area contributed by atoms with Crippen molar-refractivity contribution in [2.75, 3.05) is 14.1 Å². The van der Waals surface area contributed by atoms with Gasteiger partial charge in [-0.1, -0.05) is 42.5 Å². The van der Waals surface area contributed by atoms with Crippen LogP contribution in [0, 0.1) is 11.8 Å². The molecule has 2 rings (SSSR count). The maximum atomic E-state index is 12.7. The third kappa shape index (κ3) is 4.54. The predicted molar refractivity (Wildman–Crippen MR) is 97.5 cm³/mol. The average Bonchev–Trinajstić information content (AvgIpc) is 2.90. The Balaban J connectivity index is 2.22. The first-order valence-corrected chi connectivity index (χ1v) is 8.59. The normalized spacial score (nSPS) is 24.3. The molecule has 3 nitrogen and oxygen atoms in total. The molecule has 1 aromatic carbocycles. The Bertz CT molecular complexity index is 562. The topological polar surface area (TPSA) is 29.5 Å². The maximum absolute atomic E-state index is 12.7. The fourth-order valence-corrected chi connectivity index (χ4v) is 3.54. The molecule has 4 heteroatoms. The molecule has 0 unspecified atom stereocenters. The zero-order chi connectivity index (χ0) is 17.2. The molecule has 1 aliphatic carbocycles. The molecule has 0 aliphatic heterocycles. The van der Waals surface area contributed by atoms with Crippen molar-refractivity contribution >= 4 is 23.2 Å². The molecule has 1 fully saturated rings. The standard InChI is InChI=1S/C19H27NO2S/c1-19(2,3)22-18(21)16-12-14(13-9-7-6-8-10-13)11-15(16)17(23)20(4)5/h6-10,14-16H,11-12H2,1-5H3/t14-,15+,16+/m0/s1. The van der Waals surface area contributed by atoms with Crippen LogP contribution in [0.2, 0.25) is 0 Å². The first-order chi connectivity index (χ1) is 10.7. The highest BCUT2D eigenvalue weighted by molar-refractivity contribution is 7.80. The summed E-state index contributed by atoms with van der Waals surface area (Å²) >= 11 is 5.60. The Labute approximate surface area is 145 Å². The largest absolute Gasteiger partial charge is 0.460 e. The molecular weight excluding hydrogens is 306 g/mol. The summed E-state index contributed by atoms with van der Waals surface area (Å²) in [5, 5.41) is 0. The highest BCUT2D eigenvalue weighted by Gasteiger charge is 2.43. The SMILES string of the molecule is CN(C)C(=S)[C@@H]1C[C@H](c2ccccc2)C[C@H]1C(=O)OC(C)(C)C. The Hall–Kier alpha value is -1.42. The van der Waals surface area contributed by atoms with Gasteiger partial charge in [-0.25, -0.2) is 0 Å². The van der Waals surface area contributed by atoms with Crippen molar-refractivity contribution in [1.29, 1.82) is 0 Å². The number of carbonyl (C=O) groups excluding carboxylic acids is 1. The van der Waals surface area contributed by atoms with Crippen LogP contribution in [0.5, 0.6) is 0 Å². The van der Waals surface area contributed by atoms with Gasteiger partial charge in [0.2, 0.25) is 0 Å². The van der Waals surface area contributed by atoms with Gasteiger partial charge in [0, 0.05) is 20.0 Å². The van der Waals surface area contributed by atoms with Gasteiger partial charge in [-0.05, 0) is 45.1 Å². The molecule has 0 amide bonds. The summed E-state index contributed by atoms with van der Waals surface area (Å²) in [6, 6.07) is 10.4. The van der Waals surface area contributed by atoms with Gasteiger partial charge in [0.15, 0.2) is 0 Å². The summed E-state index contributed by atoms with van der Waals surface area (Å²) < 4.78 is 5.65. The van der Waals surface area contributed by atoms with Gasteiger partial charge in [0.25, 0.3) is 0 Å². The Morgan fingerprint density at radius 2 is 1.70 bits per heavy atom. The van der Waals surface area contributed by atoms with E-state index in [9.17, 15) is 4.79 Å². The number of hydrogen-bond donors (Lipinski definition) is 0. The van der Waals surface area contributed by atoms with E-state index in [-0.39, 0.29) is 17.8 Å². The van der Waals surface area contributed by atoms with Crippen molar-refractivity contribution in [2.24, 2.45) is 11.8 Å². The van der Waals surface area contributed by atoms with Crippen molar-refractivity contribution < 1.29 is 9.53 Å². The van der Waals surface area contributed by atoms with E-state index in [1.54, 1.807) is 0 Å². The second-order valence-corrected chi connectivity index (χ2v) is 7.98. The van der Waals surface area contributed by atoms with Crippen LogP contribution in [-0.4, -0.2) is 35.6 Å². The van der Waals surface area contributed by atoms with Gasteiger partial charge in [-0.3, -0.25) is 4.79 Å². The van der Waals surface area contributed by atoms with E-state index in [2.05, 4.69) is 24.3 Å². The Morgan fingerprint density at radius 3 is 2.22 bits per heavy atom. The zero-order valence-electron chi connectivity index (χ0n) is 14.7. The van der Waals surface area contributed by atoms with Crippen LogP contribution in [0.1, 0.15) is 45.1 Å². The Kier molecular flexibility index (Phi) is 5.45. The van der Waals surface area contributed by atoms with E-state index in [0.29, 0.717) is 5.92 Å². The van der Waals surface area contributed by atoms with Crippen LogP contribution >= 0.6 is 12.2 Å². The number of ether oxygens (including phenoxy) is 1. The quantitative estimate of drug-likeness (QED) is 0.617. The molecule has 1 saturated carbocycles. The Morgan fingerprint density at radius 1 is 1.13 bits per heavy atom. The lowest BCUT2D eigenvalue weighted by atomic mass is 9.95. The monoisotopic (exact) mass is 333 g/mol. The molecule has 126 valence electrons. The lowest BCUT2D eigenvalue weighted by molar-refractivity contribution is -0.160. The van der Waals surface area contributed by atoms with Gasteiger partial charge in [-0.2, -0.15) is 0 Å². The second-order valence-electron chi connectivity index (χ2n) is 7.56. The van der Waals surface area contributed by atoms with E-state index >= 15 is 0 Å². The zero-order valence-corrected chi connectivity index (χ0v) is 15.5. The van der Waals surface area contributed by atoms with Crippen molar-refractivity contribution in [3.8, 4) is 0 Å². The van der Waals surface area contributed by atoms with Crippen LogP contribution in [0.25, 0.3) is 0 Å². The van der Waals surface area contributed by atoms with Crippen molar-refractivity contribution in [3.63, 3.8) is 0 Å². The van der Waals surface area contributed by atoms with Crippen LogP contribution in [-0.2, 0) is 9.53 Å². The van der Waals surface area contributed by atoms with Gasteiger partial charge in [-0.15, -0.1) is 0 Å². The lowest BCUT2D eigenvalue weighted by Gasteiger charge is -2.27. The summed E-state index contributed by atoms with van der Waals surface area (Å²) in [6.45, 7) is 5.73. The maximum Gasteiger partial charge on any atom is 0.310 e. The molecule has 3 atom stereocenters. The van der Waals surface area contributed by atoms with Gasteiger partial charge >= 0.3 is 5.97 Å². The molecule has 1 aromatic rings. The first kappa shape index (κ1) is 17.9. The molecule has 0 saturated heterocycles. The lowest BCUT2D eigenvalue weighted by Crippen LogP contribution is -2.36. The highest BCUT2D eigenvalue weighted by atomic mass is 32.1. The molecule has 0 radical (unpaired) electrons. The summed E-state index contributed by atoms with van der Waals surface area (Å²) in [4.78, 5) is 15.5. The molecular formula is C19H27NO2S. The fraction of sp³-hybridized carbons (Fsp3) is 0.579. The van der Waals surface area contributed by atoms with E-state index in [4.69, 9.17) is 17.0 Å². The second kappa shape index (κ2) is 7.00. The van der Waals surface area contributed by atoms with E-state index in [1.807, 2.05) is 45.8 Å². The number of hydrogen-bond acceptors (Lipinski definition) is 3. The molecule has 0 aromatic heterocycles. The summed E-state index contributed by atoms with van der Waals surface area (Å²) in [6.07, 6.45) is 1.71. The molecule has 0 N–H and O–H groups in total. The van der Waals surface area contributed by atoms with Crippen LogP contribution < -0.4 is 0 Å². The van der Waals surface area contributed by atoms with E-state index in [0.717, 1.165) is 17.8 Å². The third-order valence-corrected chi connectivity index (χ3v) is 4.97. The molecule has 0 heterocycles. The van der Waals surface area contributed by atoms with Gasteiger partial charge in [0.05, 0.1) is 10.9 Å². The number of nitrogens with zero attached hydrogens (tertiary/aromatic N) is 1. The minimum atomic E-state index is -0.466. The predicted octanol–water partition coefficient (Wildman–Crippen LogP) is 4.03. The molecule has 23 heavy (non-hydrogen) atoms. The number of esters is 1. The molecule has 1 aliphatic rings. The summed E-state index contributed by atoms with van der Waals surface area (Å²) in [5.41, 5.74) is 0.816.